The third kappa shape index (κ3) is 1.88. The molecule has 0 saturated carbocycles. The average molecular weight is 240 g/mol. The summed E-state index contributed by atoms with van der Waals surface area (Å²) in [6.07, 6.45) is 1.86. The summed E-state index contributed by atoms with van der Waals surface area (Å²) < 4.78 is 0. The van der Waals surface area contributed by atoms with E-state index in [1.165, 1.54) is 33.4 Å². The minimum absolute atomic E-state index is 0.564. The van der Waals surface area contributed by atoms with Crippen LogP contribution in [0.3, 0.4) is 0 Å². The minimum Gasteiger partial charge on any atom is -0.384 e. The van der Waals surface area contributed by atoms with E-state index < -0.39 is 0 Å². The first-order valence-corrected chi connectivity index (χ1v) is 6.22. The average Bonchev–Trinajstić information content (AvgIpc) is 2.36. The zero-order chi connectivity index (χ0) is 13.4. The van der Waals surface area contributed by atoms with Gasteiger partial charge in [-0.25, -0.2) is 4.98 Å². The first-order valence-electron chi connectivity index (χ1n) is 6.22. The van der Waals surface area contributed by atoms with Gasteiger partial charge in [-0.2, -0.15) is 0 Å². The third-order valence-electron chi connectivity index (χ3n) is 4.08. The molecule has 2 heteroatoms. The fraction of sp³-hybridized carbons (Fsp3) is 0.312. The van der Waals surface area contributed by atoms with Gasteiger partial charge in [0.1, 0.15) is 5.82 Å². The summed E-state index contributed by atoms with van der Waals surface area (Å²) in [6, 6.07) is 3.91. The van der Waals surface area contributed by atoms with Crippen LogP contribution in [0.1, 0.15) is 27.8 Å². The highest BCUT2D eigenvalue weighted by Gasteiger charge is 2.13. The summed E-state index contributed by atoms with van der Waals surface area (Å²) in [7, 11) is 0. The lowest BCUT2D eigenvalue weighted by Crippen LogP contribution is -2.00. The summed E-state index contributed by atoms with van der Waals surface area (Å²) in [5, 5.41) is 0. The Morgan fingerprint density at radius 3 is 1.72 bits per heavy atom. The third-order valence-corrected chi connectivity index (χ3v) is 4.08. The van der Waals surface area contributed by atoms with E-state index in [4.69, 9.17) is 5.73 Å². The Morgan fingerprint density at radius 2 is 1.28 bits per heavy atom. The number of aromatic nitrogens is 1. The van der Waals surface area contributed by atoms with Gasteiger partial charge < -0.3 is 5.73 Å². The van der Waals surface area contributed by atoms with Crippen molar-refractivity contribution in [2.24, 2.45) is 0 Å². The zero-order valence-corrected chi connectivity index (χ0v) is 11.8. The molecular formula is C16H20N2. The summed E-state index contributed by atoms with van der Waals surface area (Å²) in [5.74, 6) is 0.564. The minimum atomic E-state index is 0.564. The number of pyridine rings is 1. The van der Waals surface area contributed by atoms with Crippen molar-refractivity contribution < 1.29 is 0 Å². The van der Waals surface area contributed by atoms with Crippen LogP contribution >= 0.6 is 0 Å². The molecule has 1 aromatic heterocycles. The number of hydrogen-bond donors (Lipinski definition) is 1. The highest BCUT2D eigenvalue weighted by molar-refractivity contribution is 5.74. The van der Waals surface area contributed by atoms with Gasteiger partial charge in [-0.05, 0) is 80.1 Å². The van der Waals surface area contributed by atoms with Gasteiger partial charge >= 0.3 is 0 Å². The van der Waals surface area contributed by atoms with E-state index in [1.54, 1.807) is 0 Å². The molecule has 0 aliphatic rings. The Kier molecular flexibility index (Phi) is 3.12. The molecule has 0 atom stereocenters. The number of benzene rings is 1. The molecule has 0 spiro atoms. The standard InChI is InChI=1S/C16H20N2/c1-9-10(2)12(4)16(13(5)11(9)3)14-6-7-15(17)18-8-14/h6-8H,1-5H3,(H2,17,18). The molecular weight excluding hydrogens is 220 g/mol. The molecule has 2 aromatic rings. The van der Waals surface area contributed by atoms with E-state index in [0.29, 0.717) is 5.82 Å². The summed E-state index contributed by atoms with van der Waals surface area (Å²) in [4.78, 5) is 4.20. The van der Waals surface area contributed by atoms with Crippen LogP contribution in [0.5, 0.6) is 0 Å². The van der Waals surface area contributed by atoms with Crippen LogP contribution in [-0.2, 0) is 0 Å². The SMILES string of the molecule is Cc1c(C)c(C)c(-c2ccc(N)nc2)c(C)c1C. The van der Waals surface area contributed by atoms with Gasteiger partial charge in [0.05, 0.1) is 0 Å². The van der Waals surface area contributed by atoms with Gasteiger partial charge in [-0.3, -0.25) is 0 Å². The van der Waals surface area contributed by atoms with Crippen LogP contribution in [0, 0.1) is 34.6 Å². The van der Waals surface area contributed by atoms with E-state index in [-0.39, 0.29) is 0 Å². The van der Waals surface area contributed by atoms with Crippen LogP contribution in [-0.4, -0.2) is 4.98 Å². The van der Waals surface area contributed by atoms with Crippen LogP contribution in [0.2, 0.25) is 0 Å². The molecule has 0 saturated heterocycles. The summed E-state index contributed by atoms with van der Waals surface area (Å²) in [5.41, 5.74) is 14.9. The molecule has 0 radical (unpaired) electrons. The second-order valence-electron chi connectivity index (χ2n) is 4.97. The number of rotatable bonds is 1. The Hall–Kier alpha value is -1.83. The van der Waals surface area contributed by atoms with Crippen molar-refractivity contribution in [1.82, 2.24) is 4.98 Å². The Balaban J connectivity index is 2.75. The van der Waals surface area contributed by atoms with Crippen molar-refractivity contribution in [3.8, 4) is 11.1 Å². The first kappa shape index (κ1) is 12.6. The van der Waals surface area contributed by atoms with Crippen molar-refractivity contribution in [1.29, 1.82) is 0 Å². The maximum Gasteiger partial charge on any atom is 0.123 e. The largest absolute Gasteiger partial charge is 0.384 e. The predicted molar refractivity (Wildman–Crippen MR) is 77.8 cm³/mol. The molecule has 2 nitrogen and oxygen atoms in total. The number of nitrogen functional groups attached to an aromatic ring is 1. The Morgan fingerprint density at radius 1 is 0.778 bits per heavy atom. The Labute approximate surface area is 109 Å². The predicted octanol–water partition coefficient (Wildman–Crippen LogP) is 3.87. The van der Waals surface area contributed by atoms with E-state index in [9.17, 15) is 0 Å². The van der Waals surface area contributed by atoms with E-state index in [2.05, 4.69) is 39.6 Å². The number of anilines is 1. The van der Waals surface area contributed by atoms with Crippen molar-refractivity contribution in [3.05, 3.63) is 46.1 Å². The van der Waals surface area contributed by atoms with Gasteiger partial charge in [-0.1, -0.05) is 0 Å². The maximum atomic E-state index is 5.65. The lowest BCUT2D eigenvalue weighted by molar-refractivity contribution is 1.17. The quantitative estimate of drug-likeness (QED) is 0.821. The molecule has 1 aromatic carbocycles. The van der Waals surface area contributed by atoms with E-state index in [0.717, 1.165) is 5.56 Å². The maximum absolute atomic E-state index is 5.65. The van der Waals surface area contributed by atoms with Crippen molar-refractivity contribution in [3.63, 3.8) is 0 Å². The van der Waals surface area contributed by atoms with Crippen LogP contribution in [0.4, 0.5) is 5.82 Å². The molecule has 0 aliphatic heterocycles. The summed E-state index contributed by atoms with van der Waals surface area (Å²) >= 11 is 0. The fourth-order valence-corrected chi connectivity index (χ4v) is 2.49. The zero-order valence-electron chi connectivity index (χ0n) is 11.8. The topological polar surface area (TPSA) is 38.9 Å². The molecule has 0 amide bonds. The number of hydrogen-bond acceptors (Lipinski definition) is 2. The smallest absolute Gasteiger partial charge is 0.123 e. The first-order chi connectivity index (χ1) is 8.43. The molecule has 2 N–H and O–H groups in total. The highest BCUT2D eigenvalue weighted by atomic mass is 14.8. The fourth-order valence-electron chi connectivity index (χ4n) is 2.49. The van der Waals surface area contributed by atoms with Gasteiger partial charge in [0.25, 0.3) is 0 Å². The van der Waals surface area contributed by atoms with Crippen molar-refractivity contribution >= 4 is 5.82 Å². The van der Waals surface area contributed by atoms with E-state index in [1.807, 2.05) is 18.3 Å². The molecule has 1 heterocycles. The molecule has 0 bridgehead atoms. The lowest BCUT2D eigenvalue weighted by atomic mass is 9.87. The monoisotopic (exact) mass is 240 g/mol. The molecule has 2 rings (SSSR count). The van der Waals surface area contributed by atoms with Crippen molar-refractivity contribution in [2.45, 2.75) is 34.6 Å². The second-order valence-corrected chi connectivity index (χ2v) is 4.97. The molecule has 0 aliphatic carbocycles. The lowest BCUT2D eigenvalue weighted by Gasteiger charge is -2.18. The second kappa shape index (κ2) is 4.45. The van der Waals surface area contributed by atoms with Gasteiger partial charge in [0.15, 0.2) is 0 Å². The van der Waals surface area contributed by atoms with Gasteiger partial charge in [-0.15, -0.1) is 0 Å². The molecule has 0 unspecified atom stereocenters. The van der Waals surface area contributed by atoms with Gasteiger partial charge in [0.2, 0.25) is 0 Å². The molecule has 0 fully saturated rings. The molecule has 18 heavy (non-hydrogen) atoms. The Bertz CT molecular complexity index is 566. The van der Waals surface area contributed by atoms with Crippen LogP contribution in [0.25, 0.3) is 11.1 Å². The molecule has 94 valence electrons. The number of nitrogens with zero attached hydrogens (tertiary/aromatic N) is 1. The van der Waals surface area contributed by atoms with E-state index >= 15 is 0 Å². The van der Waals surface area contributed by atoms with Crippen molar-refractivity contribution in [2.75, 3.05) is 5.73 Å². The van der Waals surface area contributed by atoms with Crippen LogP contribution in [0.15, 0.2) is 18.3 Å². The van der Waals surface area contributed by atoms with Crippen LogP contribution < -0.4 is 5.73 Å². The number of nitrogens with two attached hydrogens (primary N) is 1. The summed E-state index contributed by atoms with van der Waals surface area (Å²) in [6.45, 7) is 10.9. The van der Waals surface area contributed by atoms with Gasteiger partial charge in [0, 0.05) is 11.8 Å². The normalized spacial score (nSPS) is 10.7. The highest BCUT2D eigenvalue weighted by Crippen LogP contribution is 2.33.